The Morgan fingerprint density at radius 3 is 2.63 bits per heavy atom. The molecule has 0 bridgehead atoms. The number of rotatable bonds is 8. The highest BCUT2D eigenvalue weighted by molar-refractivity contribution is 7.93. The summed E-state index contributed by atoms with van der Waals surface area (Å²) in [5, 5.41) is 4.67. The third-order valence-corrected chi connectivity index (χ3v) is 6.43. The molecule has 3 aromatic rings. The second kappa shape index (κ2) is 9.23. The standard InChI is InChI=1S/C20H20FN3O4S2/c1-13-3-9-18(28-2)17(11-13)23-19(25)10-6-15-12-29-20(22-15)24-30(26,27)16-7-4-14(21)5-8-16/h3-5,7-9,11-12H,6,10H2,1-2H3,(H,22,24)(H,23,25). The van der Waals surface area contributed by atoms with Crippen LogP contribution in [0.4, 0.5) is 15.2 Å². The zero-order valence-electron chi connectivity index (χ0n) is 16.3. The van der Waals surface area contributed by atoms with E-state index >= 15 is 0 Å². The van der Waals surface area contributed by atoms with E-state index in [1.54, 1.807) is 11.4 Å². The maximum Gasteiger partial charge on any atom is 0.263 e. The van der Waals surface area contributed by atoms with Crippen molar-refractivity contribution in [2.24, 2.45) is 0 Å². The lowest BCUT2D eigenvalue weighted by Gasteiger charge is -2.10. The van der Waals surface area contributed by atoms with Gasteiger partial charge in [-0.1, -0.05) is 6.07 Å². The van der Waals surface area contributed by atoms with Crippen LogP contribution in [-0.4, -0.2) is 26.4 Å². The van der Waals surface area contributed by atoms with Gasteiger partial charge in [0.05, 0.1) is 23.4 Å². The van der Waals surface area contributed by atoms with Gasteiger partial charge in [-0.05, 0) is 55.3 Å². The molecule has 0 saturated heterocycles. The number of benzene rings is 2. The van der Waals surface area contributed by atoms with E-state index in [1.165, 1.54) is 19.2 Å². The van der Waals surface area contributed by atoms with Crippen molar-refractivity contribution in [1.29, 1.82) is 0 Å². The number of nitrogens with one attached hydrogen (secondary N) is 2. The van der Waals surface area contributed by atoms with Gasteiger partial charge in [0.15, 0.2) is 5.13 Å². The highest BCUT2D eigenvalue weighted by Gasteiger charge is 2.16. The van der Waals surface area contributed by atoms with Gasteiger partial charge in [-0.3, -0.25) is 9.52 Å². The van der Waals surface area contributed by atoms with Gasteiger partial charge in [0.1, 0.15) is 11.6 Å². The molecule has 2 N–H and O–H groups in total. The van der Waals surface area contributed by atoms with Crippen LogP contribution < -0.4 is 14.8 Å². The molecule has 0 aliphatic carbocycles. The van der Waals surface area contributed by atoms with Crippen LogP contribution in [0.5, 0.6) is 5.75 Å². The van der Waals surface area contributed by atoms with Gasteiger partial charge in [-0.15, -0.1) is 11.3 Å². The fourth-order valence-electron chi connectivity index (χ4n) is 2.63. The van der Waals surface area contributed by atoms with E-state index in [0.717, 1.165) is 29.0 Å². The van der Waals surface area contributed by atoms with Crippen molar-refractivity contribution in [2.75, 3.05) is 17.1 Å². The topological polar surface area (TPSA) is 97.4 Å². The maximum atomic E-state index is 13.0. The number of hydrogen-bond donors (Lipinski definition) is 2. The van der Waals surface area contributed by atoms with Gasteiger partial charge in [0.25, 0.3) is 10.0 Å². The number of nitrogens with zero attached hydrogens (tertiary/aromatic N) is 1. The molecular weight excluding hydrogens is 429 g/mol. The minimum Gasteiger partial charge on any atom is -0.495 e. The summed E-state index contributed by atoms with van der Waals surface area (Å²) in [5.41, 5.74) is 2.17. The van der Waals surface area contributed by atoms with E-state index in [0.29, 0.717) is 23.6 Å². The Morgan fingerprint density at radius 1 is 1.20 bits per heavy atom. The average Bonchev–Trinajstić information content (AvgIpc) is 3.13. The van der Waals surface area contributed by atoms with Gasteiger partial charge in [-0.2, -0.15) is 0 Å². The normalized spacial score (nSPS) is 11.2. The third-order valence-electron chi connectivity index (χ3n) is 4.13. The Kier molecular flexibility index (Phi) is 6.68. The summed E-state index contributed by atoms with van der Waals surface area (Å²) in [6.07, 6.45) is 0.514. The van der Waals surface area contributed by atoms with Crippen molar-refractivity contribution in [3.63, 3.8) is 0 Å². The molecule has 0 atom stereocenters. The average molecular weight is 450 g/mol. The zero-order valence-corrected chi connectivity index (χ0v) is 17.9. The second-order valence-corrected chi connectivity index (χ2v) is 9.00. The Hall–Kier alpha value is -2.98. The number of amides is 1. The zero-order chi connectivity index (χ0) is 21.7. The molecule has 158 valence electrons. The highest BCUT2D eigenvalue weighted by atomic mass is 32.2. The van der Waals surface area contributed by atoms with Crippen molar-refractivity contribution in [3.05, 3.63) is 64.9 Å². The lowest BCUT2D eigenvalue weighted by atomic mass is 10.2. The van der Waals surface area contributed by atoms with E-state index in [9.17, 15) is 17.6 Å². The molecule has 1 amide bonds. The molecule has 1 aromatic heterocycles. The summed E-state index contributed by atoms with van der Waals surface area (Å²) >= 11 is 1.11. The van der Waals surface area contributed by atoms with Crippen LogP contribution in [0.1, 0.15) is 17.7 Å². The highest BCUT2D eigenvalue weighted by Crippen LogP contribution is 2.26. The van der Waals surface area contributed by atoms with Crippen LogP contribution in [0, 0.1) is 12.7 Å². The smallest absolute Gasteiger partial charge is 0.263 e. The van der Waals surface area contributed by atoms with Crippen molar-refractivity contribution < 1.29 is 22.3 Å². The van der Waals surface area contributed by atoms with E-state index in [2.05, 4.69) is 15.0 Å². The molecule has 0 saturated carbocycles. The van der Waals surface area contributed by atoms with Crippen molar-refractivity contribution in [1.82, 2.24) is 4.98 Å². The van der Waals surface area contributed by atoms with Crippen LogP contribution in [0.15, 0.2) is 52.7 Å². The molecule has 2 aromatic carbocycles. The van der Waals surface area contributed by atoms with E-state index in [4.69, 9.17) is 4.74 Å². The van der Waals surface area contributed by atoms with Gasteiger partial charge in [-0.25, -0.2) is 17.8 Å². The van der Waals surface area contributed by atoms with Crippen LogP contribution in [0.25, 0.3) is 0 Å². The van der Waals surface area contributed by atoms with Crippen molar-refractivity contribution >= 4 is 38.1 Å². The van der Waals surface area contributed by atoms with Gasteiger partial charge < -0.3 is 10.1 Å². The van der Waals surface area contributed by atoms with E-state index < -0.39 is 15.8 Å². The second-order valence-electron chi connectivity index (χ2n) is 6.46. The number of aromatic nitrogens is 1. The van der Waals surface area contributed by atoms with Gasteiger partial charge >= 0.3 is 0 Å². The number of aryl methyl sites for hydroxylation is 2. The van der Waals surface area contributed by atoms with Crippen LogP contribution >= 0.6 is 11.3 Å². The summed E-state index contributed by atoms with van der Waals surface area (Å²) in [6.45, 7) is 1.92. The quantitative estimate of drug-likeness (QED) is 0.542. The fraction of sp³-hybridized carbons (Fsp3) is 0.200. The molecule has 7 nitrogen and oxygen atoms in total. The minimum absolute atomic E-state index is 0.0628. The van der Waals surface area contributed by atoms with Crippen LogP contribution in [-0.2, 0) is 21.2 Å². The molecule has 3 rings (SSSR count). The number of methoxy groups -OCH3 is 1. The van der Waals surface area contributed by atoms with Gasteiger partial charge in [0.2, 0.25) is 5.91 Å². The molecule has 1 heterocycles. The number of sulfonamides is 1. The summed E-state index contributed by atoms with van der Waals surface area (Å²) in [7, 11) is -2.33. The Balaban J connectivity index is 1.59. The molecule has 0 aliphatic rings. The SMILES string of the molecule is COc1ccc(C)cc1NC(=O)CCc1csc(NS(=O)(=O)c2ccc(F)cc2)n1. The lowest BCUT2D eigenvalue weighted by molar-refractivity contribution is -0.116. The largest absolute Gasteiger partial charge is 0.495 e. The first-order valence-corrected chi connectivity index (χ1v) is 11.3. The Labute approximate surface area is 178 Å². The predicted molar refractivity (Wildman–Crippen MR) is 114 cm³/mol. The number of carbonyl (C=O) groups excluding carboxylic acids is 1. The molecule has 0 spiro atoms. The number of carbonyl (C=O) groups is 1. The summed E-state index contributed by atoms with van der Waals surface area (Å²) in [6, 6.07) is 9.99. The maximum absolute atomic E-state index is 13.0. The van der Waals surface area contributed by atoms with Crippen LogP contribution in [0.3, 0.4) is 0 Å². The molecule has 0 radical (unpaired) electrons. The summed E-state index contributed by atoms with van der Waals surface area (Å²) < 4.78 is 45.3. The molecule has 0 fully saturated rings. The van der Waals surface area contributed by atoms with Crippen molar-refractivity contribution in [2.45, 2.75) is 24.7 Å². The summed E-state index contributed by atoms with van der Waals surface area (Å²) in [4.78, 5) is 16.4. The minimum atomic E-state index is -3.86. The first kappa shape index (κ1) is 21.7. The number of hydrogen-bond acceptors (Lipinski definition) is 6. The number of anilines is 2. The first-order valence-electron chi connectivity index (χ1n) is 8.94. The monoisotopic (exact) mass is 449 g/mol. The Morgan fingerprint density at radius 2 is 1.93 bits per heavy atom. The number of thiazole rings is 1. The van der Waals surface area contributed by atoms with Crippen LogP contribution in [0.2, 0.25) is 0 Å². The summed E-state index contributed by atoms with van der Waals surface area (Å²) in [5.74, 6) is -0.160. The van der Waals surface area contributed by atoms with E-state index in [-0.39, 0.29) is 22.4 Å². The molecule has 30 heavy (non-hydrogen) atoms. The fourth-order valence-corrected chi connectivity index (χ4v) is 4.63. The molecule has 0 unspecified atom stereocenters. The van der Waals surface area contributed by atoms with Gasteiger partial charge in [0, 0.05) is 11.8 Å². The lowest BCUT2D eigenvalue weighted by Crippen LogP contribution is -2.14. The molecule has 0 aliphatic heterocycles. The Bertz CT molecular complexity index is 1150. The molecule has 10 heteroatoms. The van der Waals surface area contributed by atoms with Crippen molar-refractivity contribution in [3.8, 4) is 5.75 Å². The molecular formula is C20H20FN3O4S2. The van der Waals surface area contributed by atoms with E-state index in [1.807, 2.05) is 19.1 Å². The third kappa shape index (κ3) is 5.55. The first-order chi connectivity index (χ1) is 14.3. The predicted octanol–water partition coefficient (Wildman–Crippen LogP) is 3.97. The number of halogens is 1. The number of ether oxygens (including phenoxy) is 1.